The van der Waals surface area contributed by atoms with Crippen LogP contribution in [0.4, 0.5) is 10.5 Å². The first-order chi connectivity index (χ1) is 8.70. The monoisotopic (exact) mass is 244 g/mol. The number of anilines is 1. The summed E-state index contributed by atoms with van der Waals surface area (Å²) in [4.78, 5) is 13.6. The molecule has 1 atom stereocenters. The Morgan fingerprint density at radius 2 is 2.22 bits per heavy atom. The minimum Gasteiger partial charge on any atom is -0.312 e. The molecule has 0 aromatic heterocycles. The Morgan fingerprint density at radius 3 is 2.89 bits per heavy atom. The van der Waals surface area contributed by atoms with Crippen LogP contribution in [0.2, 0.25) is 0 Å². The normalized spacial score (nSPS) is 19.1. The van der Waals surface area contributed by atoms with E-state index < -0.39 is 6.04 Å². The largest absolute Gasteiger partial charge is 0.323 e. The minimum absolute atomic E-state index is 0.216. The van der Waals surface area contributed by atoms with E-state index in [-0.39, 0.29) is 6.03 Å². The molecule has 1 saturated heterocycles. The first-order valence-electron chi connectivity index (χ1n) is 5.95. The topological polar surface area (TPSA) is 68.2 Å². The van der Waals surface area contributed by atoms with Crippen LogP contribution in [-0.4, -0.2) is 36.6 Å². The average molecular weight is 244 g/mol. The maximum absolute atomic E-state index is 12.1. The SMILES string of the molecule is Cc1ccc(NC(=O)N2CCNCC2C#N)cc1. The first-order valence-corrected chi connectivity index (χ1v) is 5.95. The molecule has 94 valence electrons. The third-order valence-corrected chi connectivity index (χ3v) is 2.96. The van der Waals surface area contributed by atoms with E-state index in [4.69, 9.17) is 5.26 Å². The molecule has 1 fully saturated rings. The van der Waals surface area contributed by atoms with Gasteiger partial charge in [0.1, 0.15) is 6.04 Å². The zero-order chi connectivity index (χ0) is 13.0. The van der Waals surface area contributed by atoms with Crippen LogP contribution in [0.25, 0.3) is 0 Å². The van der Waals surface area contributed by atoms with Gasteiger partial charge in [0.2, 0.25) is 0 Å². The number of amides is 2. The van der Waals surface area contributed by atoms with Crippen LogP contribution in [0.1, 0.15) is 5.56 Å². The summed E-state index contributed by atoms with van der Waals surface area (Å²) in [5, 5.41) is 14.9. The quantitative estimate of drug-likeness (QED) is 0.783. The molecule has 0 bridgehead atoms. The van der Waals surface area contributed by atoms with Crippen LogP contribution in [-0.2, 0) is 0 Å². The van der Waals surface area contributed by atoms with Gasteiger partial charge >= 0.3 is 6.03 Å². The predicted octanol–water partition coefficient (Wildman–Crippen LogP) is 1.32. The summed E-state index contributed by atoms with van der Waals surface area (Å²) in [6.07, 6.45) is 0. The molecule has 1 aliphatic heterocycles. The van der Waals surface area contributed by atoms with E-state index in [2.05, 4.69) is 16.7 Å². The number of aryl methyl sites for hydroxylation is 1. The van der Waals surface area contributed by atoms with E-state index in [1.807, 2.05) is 31.2 Å². The Morgan fingerprint density at radius 1 is 1.50 bits per heavy atom. The Hall–Kier alpha value is -2.06. The fourth-order valence-electron chi connectivity index (χ4n) is 1.89. The van der Waals surface area contributed by atoms with Crippen LogP contribution in [0.15, 0.2) is 24.3 Å². The third-order valence-electron chi connectivity index (χ3n) is 2.96. The average Bonchev–Trinajstić information content (AvgIpc) is 2.41. The van der Waals surface area contributed by atoms with Crippen molar-refractivity contribution >= 4 is 11.7 Å². The molecule has 1 aromatic carbocycles. The highest BCUT2D eigenvalue weighted by molar-refractivity contribution is 5.89. The molecule has 0 saturated carbocycles. The molecular formula is C13H16N4O. The second kappa shape index (κ2) is 5.52. The third kappa shape index (κ3) is 2.79. The lowest BCUT2D eigenvalue weighted by Gasteiger charge is -2.31. The molecule has 1 aromatic rings. The number of nitrogens with zero attached hydrogens (tertiary/aromatic N) is 2. The number of urea groups is 1. The number of carbonyl (C=O) groups excluding carboxylic acids is 1. The smallest absolute Gasteiger partial charge is 0.312 e. The molecule has 1 aliphatic rings. The van der Waals surface area contributed by atoms with Crippen molar-refractivity contribution in [1.29, 1.82) is 5.26 Å². The summed E-state index contributed by atoms with van der Waals surface area (Å²) in [6.45, 7) is 3.79. The van der Waals surface area contributed by atoms with Crippen LogP contribution in [0, 0.1) is 18.3 Å². The molecule has 0 spiro atoms. The van der Waals surface area contributed by atoms with E-state index in [0.717, 1.165) is 17.8 Å². The van der Waals surface area contributed by atoms with Gasteiger partial charge in [-0.05, 0) is 19.1 Å². The van der Waals surface area contributed by atoms with E-state index in [9.17, 15) is 4.79 Å². The summed E-state index contributed by atoms with van der Waals surface area (Å²) < 4.78 is 0. The molecule has 0 radical (unpaired) electrons. The van der Waals surface area contributed by atoms with Crippen LogP contribution in [0.3, 0.4) is 0 Å². The molecule has 1 unspecified atom stereocenters. The van der Waals surface area contributed by atoms with Gasteiger partial charge in [-0.15, -0.1) is 0 Å². The van der Waals surface area contributed by atoms with E-state index >= 15 is 0 Å². The van der Waals surface area contributed by atoms with Gasteiger partial charge in [-0.25, -0.2) is 4.79 Å². The van der Waals surface area contributed by atoms with Crippen molar-refractivity contribution in [2.24, 2.45) is 0 Å². The van der Waals surface area contributed by atoms with Crippen molar-refractivity contribution in [2.45, 2.75) is 13.0 Å². The molecule has 5 nitrogen and oxygen atoms in total. The minimum atomic E-state index is -0.399. The van der Waals surface area contributed by atoms with Gasteiger partial charge in [-0.2, -0.15) is 5.26 Å². The van der Waals surface area contributed by atoms with Crippen molar-refractivity contribution in [1.82, 2.24) is 10.2 Å². The van der Waals surface area contributed by atoms with Crippen molar-refractivity contribution in [3.63, 3.8) is 0 Å². The fraction of sp³-hybridized carbons (Fsp3) is 0.385. The maximum Gasteiger partial charge on any atom is 0.323 e. The highest BCUT2D eigenvalue weighted by Gasteiger charge is 2.26. The number of nitrogens with one attached hydrogen (secondary N) is 2. The van der Waals surface area contributed by atoms with Crippen molar-refractivity contribution < 1.29 is 4.79 Å². The lowest BCUT2D eigenvalue weighted by atomic mass is 10.2. The molecule has 2 N–H and O–H groups in total. The van der Waals surface area contributed by atoms with Gasteiger partial charge in [0.05, 0.1) is 6.07 Å². The van der Waals surface area contributed by atoms with Gasteiger partial charge in [0, 0.05) is 25.3 Å². The van der Waals surface area contributed by atoms with Gasteiger partial charge in [0.25, 0.3) is 0 Å². The Labute approximate surface area is 106 Å². The second-order valence-electron chi connectivity index (χ2n) is 4.34. The van der Waals surface area contributed by atoms with Crippen molar-refractivity contribution in [3.05, 3.63) is 29.8 Å². The number of hydrogen-bond donors (Lipinski definition) is 2. The molecule has 2 rings (SSSR count). The lowest BCUT2D eigenvalue weighted by molar-refractivity contribution is 0.188. The lowest BCUT2D eigenvalue weighted by Crippen LogP contribution is -2.54. The maximum atomic E-state index is 12.1. The summed E-state index contributed by atoms with van der Waals surface area (Å²) >= 11 is 0. The molecule has 0 aliphatic carbocycles. The molecule has 18 heavy (non-hydrogen) atoms. The highest BCUT2D eigenvalue weighted by atomic mass is 16.2. The number of rotatable bonds is 1. The highest BCUT2D eigenvalue weighted by Crippen LogP contribution is 2.11. The van der Waals surface area contributed by atoms with E-state index in [0.29, 0.717) is 13.1 Å². The zero-order valence-corrected chi connectivity index (χ0v) is 10.3. The molecular weight excluding hydrogens is 228 g/mol. The fourth-order valence-corrected chi connectivity index (χ4v) is 1.89. The summed E-state index contributed by atoms with van der Waals surface area (Å²) in [7, 11) is 0. The van der Waals surface area contributed by atoms with Gasteiger partial charge in [0.15, 0.2) is 0 Å². The van der Waals surface area contributed by atoms with E-state index in [1.165, 1.54) is 0 Å². The van der Waals surface area contributed by atoms with Gasteiger partial charge < -0.3 is 15.5 Å². The van der Waals surface area contributed by atoms with Crippen molar-refractivity contribution in [2.75, 3.05) is 25.0 Å². The van der Waals surface area contributed by atoms with Crippen LogP contribution < -0.4 is 10.6 Å². The standard InChI is InChI=1S/C13H16N4O/c1-10-2-4-11(5-3-10)16-13(18)17-7-6-15-9-12(17)8-14/h2-5,12,15H,6-7,9H2,1H3,(H,16,18). The van der Waals surface area contributed by atoms with Crippen molar-refractivity contribution in [3.8, 4) is 6.07 Å². The number of hydrogen-bond acceptors (Lipinski definition) is 3. The second-order valence-corrected chi connectivity index (χ2v) is 4.34. The Kier molecular flexibility index (Phi) is 3.80. The van der Waals surface area contributed by atoms with Crippen LogP contribution in [0.5, 0.6) is 0 Å². The summed E-state index contributed by atoms with van der Waals surface area (Å²) in [5.74, 6) is 0. The van der Waals surface area contributed by atoms with Gasteiger partial charge in [-0.1, -0.05) is 17.7 Å². The molecule has 2 amide bonds. The summed E-state index contributed by atoms with van der Waals surface area (Å²) in [6, 6.07) is 9.11. The Bertz CT molecular complexity index is 463. The number of nitriles is 1. The first kappa shape index (κ1) is 12.4. The predicted molar refractivity (Wildman–Crippen MR) is 69.2 cm³/mol. The zero-order valence-electron chi connectivity index (χ0n) is 10.3. The van der Waals surface area contributed by atoms with Crippen LogP contribution >= 0.6 is 0 Å². The number of carbonyl (C=O) groups is 1. The van der Waals surface area contributed by atoms with E-state index in [1.54, 1.807) is 4.90 Å². The van der Waals surface area contributed by atoms with Gasteiger partial charge in [-0.3, -0.25) is 0 Å². The number of piperazine rings is 1. The molecule has 1 heterocycles. The Balaban J connectivity index is 2.02. The number of benzene rings is 1. The molecule has 5 heteroatoms. The summed E-state index contributed by atoms with van der Waals surface area (Å²) in [5.41, 5.74) is 1.89.